The van der Waals surface area contributed by atoms with E-state index in [1.807, 2.05) is 7.05 Å². The van der Waals surface area contributed by atoms with E-state index in [9.17, 15) is 22.8 Å². The number of piperazine rings is 1. The lowest BCUT2D eigenvalue weighted by Crippen LogP contribution is -2.54. The van der Waals surface area contributed by atoms with Crippen molar-refractivity contribution in [3.63, 3.8) is 0 Å². The fourth-order valence-electron chi connectivity index (χ4n) is 4.54. The first-order valence-electron chi connectivity index (χ1n) is 11.4. The van der Waals surface area contributed by atoms with Crippen molar-refractivity contribution < 1.29 is 22.7 Å². The summed E-state index contributed by atoms with van der Waals surface area (Å²) in [4.78, 5) is 35.0. The van der Waals surface area contributed by atoms with Crippen molar-refractivity contribution >= 4 is 38.4 Å². The van der Waals surface area contributed by atoms with Gasteiger partial charge in [-0.2, -0.15) is 0 Å². The van der Waals surface area contributed by atoms with Crippen LogP contribution in [0.15, 0.2) is 52.0 Å². The monoisotopic (exact) mass is 565 g/mol. The lowest BCUT2D eigenvalue weighted by molar-refractivity contribution is -0.274. The molecule has 1 aromatic heterocycles. The summed E-state index contributed by atoms with van der Waals surface area (Å²) in [5.74, 6) is -0.940. The van der Waals surface area contributed by atoms with Gasteiger partial charge in [-0.05, 0) is 56.3 Å². The minimum Gasteiger partial charge on any atom is -0.404 e. The molecule has 0 atom stereocenters. The molecule has 5 rings (SSSR count). The smallest absolute Gasteiger partial charge is 0.404 e. The van der Waals surface area contributed by atoms with Gasteiger partial charge in [0.05, 0.1) is 22.3 Å². The van der Waals surface area contributed by atoms with Gasteiger partial charge in [-0.25, -0.2) is 4.98 Å². The van der Waals surface area contributed by atoms with Crippen molar-refractivity contribution in [1.82, 2.24) is 19.4 Å². The number of carbonyl (C=O) groups is 1. The fourth-order valence-corrected chi connectivity index (χ4v) is 4.89. The molecule has 1 amide bonds. The van der Waals surface area contributed by atoms with Crippen LogP contribution < -0.4 is 15.6 Å². The number of fused-ring (bicyclic) bond motifs is 1. The van der Waals surface area contributed by atoms with Crippen LogP contribution in [0, 0.1) is 0 Å². The Labute approximate surface area is 212 Å². The number of alkyl halides is 3. The van der Waals surface area contributed by atoms with Crippen molar-refractivity contribution in [1.29, 1.82) is 0 Å². The Hall–Kier alpha value is -2.96. The molecule has 0 bridgehead atoms. The minimum absolute atomic E-state index is 0.168. The molecule has 1 aliphatic heterocycles. The van der Waals surface area contributed by atoms with E-state index >= 15 is 0 Å². The average Bonchev–Trinajstić information content (AvgIpc) is 3.62. The van der Waals surface area contributed by atoms with Gasteiger partial charge < -0.3 is 15.0 Å². The molecule has 190 valence electrons. The highest BCUT2D eigenvalue weighted by molar-refractivity contribution is 9.10. The van der Waals surface area contributed by atoms with Crippen molar-refractivity contribution in [2.75, 3.05) is 38.5 Å². The molecular formula is C24H23BrF3N5O3. The van der Waals surface area contributed by atoms with E-state index in [2.05, 4.69) is 40.8 Å². The summed E-state index contributed by atoms with van der Waals surface area (Å²) in [6.07, 6.45) is -2.40. The highest BCUT2D eigenvalue weighted by Gasteiger charge is 2.55. The van der Waals surface area contributed by atoms with Gasteiger partial charge in [0.25, 0.3) is 5.56 Å². The molecule has 1 saturated heterocycles. The third-order valence-corrected chi connectivity index (χ3v) is 7.18. The lowest BCUT2D eigenvalue weighted by atomic mass is 10.1. The minimum atomic E-state index is -4.95. The van der Waals surface area contributed by atoms with Crippen molar-refractivity contribution in [3.05, 3.63) is 57.6 Å². The number of nitrogens with zero attached hydrogens (tertiary/aromatic N) is 4. The second-order valence-electron chi connectivity index (χ2n) is 9.09. The van der Waals surface area contributed by atoms with Crippen molar-refractivity contribution in [3.8, 4) is 11.4 Å². The number of aromatic nitrogens is 2. The largest absolute Gasteiger partial charge is 0.573 e. The van der Waals surface area contributed by atoms with E-state index in [0.29, 0.717) is 36.8 Å². The second-order valence-corrected chi connectivity index (χ2v) is 10.0. The van der Waals surface area contributed by atoms with Crippen LogP contribution in [0.2, 0.25) is 0 Å². The number of likely N-dealkylation sites (N-methyl/N-ethyl adjacent to an activating group) is 1. The van der Waals surface area contributed by atoms with Gasteiger partial charge >= 0.3 is 6.36 Å². The highest BCUT2D eigenvalue weighted by atomic mass is 79.9. The van der Waals surface area contributed by atoms with Crippen LogP contribution in [0.25, 0.3) is 16.6 Å². The van der Waals surface area contributed by atoms with E-state index in [1.54, 1.807) is 18.2 Å². The molecule has 2 aromatic carbocycles. The number of hydrogen-bond acceptors (Lipinski definition) is 6. The Bertz CT molecular complexity index is 1380. The molecule has 36 heavy (non-hydrogen) atoms. The molecule has 12 heteroatoms. The number of anilines is 1. The molecule has 0 spiro atoms. The maximum Gasteiger partial charge on any atom is 0.573 e. The van der Waals surface area contributed by atoms with Gasteiger partial charge in [-0.1, -0.05) is 15.9 Å². The molecule has 0 unspecified atom stereocenters. The van der Waals surface area contributed by atoms with Gasteiger partial charge in [0, 0.05) is 30.7 Å². The summed E-state index contributed by atoms with van der Waals surface area (Å²) in [6, 6.07) is 8.72. The van der Waals surface area contributed by atoms with Crippen LogP contribution in [-0.2, 0) is 4.79 Å². The third kappa shape index (κ3) is 4.84. The zero-order chi connectivity index (χ0) is 25.7. The maximum atomic E-state index is 13.3. The molecule has 0 radical (unpaired) electrons. The first-order chi connectivity index (χ1) is 17.1. The van der Waals surface area contributed by atoms with Gasteiger partial charge in [-0.15, -0.1) is 13.2 Å². The van der Waals surface area contributed by atoms with Gasteiger partial charge in [0.15, 0.2) is 5.75 Å². The van der Waals surface area contributed by atoms with Crippen LogP contribution in [0.3, 0.4) is 0 Å². The molecule has 1 aliphatic carbocycles. The molecule has 8 nitrogen and oxygen atoms in total. The Morgan fingerprint density at radius 1 is 1.11 bits per heavy atom. The van der Waals surface area contributed by atoms with E-state index in [1.165, 1.54) is 23.0 Å². The van der Waals surface area contributed by atoms with Crippen molar-refractivity contribution in [2.24, 2.45) is 0 Å². The van der Waals surface area contributed by atoms with Crippen LogP contribution >= 0.6 is 15.9 Å². The standard InChI is InChI=1S/C24H23BrF3N5O3/c1-31-8-10-32(11-9-31)23(6-7-23)22(35)30-19-13-16(3-5-20(19)36-24(26,27)28)33-14-29-18-12-15(25)2-4-17(18)21(33)34/h2-5,12-14H,6-11H2,1H3,(H,30,35). The van der Waals surface area contributed by atoms with Crippen LogP contribution in [-0.4, -0.2) is 70.4 Å². The Morgan fingerprint density at radius 3 is 2.50 bits per heavy atom. The number of ether oxygens (including phenoxy) is 1. The van der Waals surface area contributed by atoms with Crippen LogP contribution in [0.4, 0.5) is 18.9 Å². The van der Waals surface area contributed by atoms with E-state index in [0.717, 1.165) is 23.6 Å². The molecule has 2 aliphatic rings. The summed E-state index contributed by atoms with van der Waals surface area (Å²) in [7, 11) is 2.01. The first kappa shape index (κ1) is 24.7. The van der Waals surface area contributed by atoms with Gasteiger partial charge in [0.2, 0.25) is 5.91 Å². The molecule has 1 saturated carbocycles. The van der Waals surface area contributed by atoms with E-state index in [4.69, 9.17) is 0 Å². The fraction of sp³-hybridized carbons (Fsp3) is 0.375. The summed E-state index contributed by atoms with van der Waals surface area (Å²) < 4.78 is 45.5. The zero-order valence-corrected chi connectivity index (χ0v) is 20.9. The topological polar surface area (TPSA) is 79.7 Å². The van der Waals surface area contributed by atoms with Crippen LogP contribution in [0.1, 0.15) is 12.8 Å². The number of hydrogen-bond donors (Lipinski definition) is 1. The number of rotatable bonds is 5. The summed E-state index contributed by atoms with van der Waals surface area (Å²) in [6.45, 7) is 3.01. The van der Waals surface area contributed by atoms with E-state index < -0.39 is 23.2 Å². The number of halogens is 4. The number of amides is 1. The lowest BCUT2D eigenvalue weighted by Gasteiger charge is -2.37. The normalized spacial score (nSPS) is 18.2. The average molecular weight is 566 g/mol. The van der Waals surface area contributed by atoms with Crippen LogP contribution in [0.5, 0.6) is 5.75 Å². The Kier molecular flexibility index (Phi) is 6.29. The SMILES string of the molecule is CN1CCN(C2(C(=O)Nc3cc(-n4cnc5cc(Br)ccc5c4=O)ccc3OC(F)(F)F)CC2)CC1. The highest BCUT2D eigenvalue weighted by Crippen LogP contribution is 2.44. The number of carbonyl (C=O) groups excluding carboxylic acids is 1. The predicted octanol–water partition coefficient (Wildman–Crippen LogP) is 3.77. The maximum absolute atomic E-state index is 13.3. The summed E-state index contributed by atoms with van der Waals surface area (Å²) in [5.41, 5.74) is -0.601. The molecular weight excluding hydrogens is 543 g/mol. The van der Waals surface area contributed by atoms with Gasteiger partial charge in [0.1, 0.15) is 11.9 Å². The Morgan fingerprint density at radius 2 is 1.83 bits per heavy atom. The van der Waals surface area contributed by atoms with E-state index in [-0.39, 0.29) is 17.3 Å². The summed E-state index contributed by atoms with van der Waals surface area (Å²) >= 11 is 3.34. The summed E-state index contributed by atoms with van der Waals surface area (Å²) in [5, 5.41) is 3.00. The molecule has 2 fully saturated rings. The van der Waals surface area contributed by atoms with Crippen molar-refractivity contribution in [2.45, 2.75) is 24.7 Å². The third-order valence-electron chi connectivity index (χ3n) is 6.69. The quantitative estimate of drug-likeness (QED) is 0.507. The second kappa shape index (κ2) is 9.16. The van der Waals surface area contributed by atoms with Gasteiger partial charge in [-0.3, -0.25) is 19.1 Å². The molecule has 2 heterocycles. The zero-order valence-electron chi connectivity index (χ0n) is 19.3. The number of nitrogens with one attached hydrogen (secondary N) is 1. The molecule has 3 aromatic rings. The predicted molar refractivity (Wildman–Crippen MR) is 131 cm³/mol. The number of benzene rings is 2. The first-order valence-corrected chi connectivity index (χ1v) is 12.2. The molecule has 1 N–H and O–H groups in total. The Balaban J connectivity index is 1.50.